The molecule has 0 amide bonds. The van der Waals surface area contributed by atoms with Gasteiger partial charge in [-0.3, -0.25) is 4.99 Å². The van der Waals surface area contributed by atoms with E-state index in [0.717, 1.165) is 19.5 Å². The highest BCUT2D eigenvalue weighted by atomic mass is 35.5. The molecule has 1 aliphatic heterocycles. The van der Waals surface area contributed by atoms with Crippen LogP contribution in [0.4, 0.5) is 8.78 Å². The number of hydrogen-bond donors (Lipinski definition) is 2. The van der Waals surface area contributed by atoms with Gasteiger partial charge in [0.15, 0.2) is 5.96 Å². The summed E-state index contributed by atoms with van der Waals surface area (Å²) in [5.74, 6) is 0.775. The molecule has 0 radical (unpaired) electrons. The average molecular weight is 290 g/mol. The zero-order valence-corrected chi connectivity index (χ0v) is 10.9. The summed E-state index contributed by atoms with van der Waals surface area (Å²) in [6.45, 7) is -0.938. The van der Waals surface area contributed by atoms with Crippen molar-refractivity contribution in [1.82, 2.24) is 10.6 Å². The topological polar surface area (TPSA) is 45.6 Å². The SMILES string of the molecule is FC(F)Oc1ccc(Cl)cc1CNC1=NCCCN1. The Morgan fingerprint density at radius 3 is 3.00 bits per heavy atom. The second kappa shape index (κ2) is 6.56. The molecular weight excluding hydrogens is 276 g/mol. The Labute approximate surface area is 114 Å². The highest BCUT2D eigenvalue weighted by Gasteiger charge is 2.11. The lowest BCUT2D eigenvalue weighted by Gasteiger charge is -2.17. The van der Waals surface area contributed by atoms with E-state index in [-0.39, 0.29) is 5.75 Å². The minimum atomic E-state index is -2.86. The van der Waals surface area contributed by atoms with E-state index in [0.29, 0.717) is 23.1 Å². The number of nitrogens with zero attached hydrogens (tertiary/aromatic N) is 1. The van der Waals surface area contributed by atoms with Crippen molar-refractivity contribution in [3.63, 3.8) is 0 Å². The third-order valence-corrected chi connectivity index (χ3v) is 2.82. The molecule has 19 heavy (non-hydrogen) atoms. The molecule has 1 aliphatic rings. The predicted molar refractivity (Wildman–Crippen MR) is 69.8 cm³/mol. The Morgan fingerprint density at radius 2 is 2.32 bits per heavy atom. The molecule has 1 aromatic carbocycles. The van der Waals surface area contributed by atoms with Crippen LogP contribution in [0.2, 0.25) is 5.02 Å². The van der Waals surface area contributed by atoms with E-state index in [9.17, 15) is 8.78 Å². The van der Waals surface area contributed by atoms with Crippen LogP contribution in [0.5, 0.6) is 5.75 Å². The smallest absolute Gasteiger partial charge is 0.387 e. The van der Waals surface area contributed by atoms with Crippen LogP contribution < -0.4 is 15.4 Å². The summed E-state index contributed by atoms with van der Waals surface area (Å²) in [7, 11) is 0. The van der Waals surface area contributed by atoms with E-state index in [2.05, 4.69) is 20.4 Å². The zero-order chi connectivity index (χ0) is 13.7. The molecule has 0 bridgehead atoms. The molecule has 0 aromatic heterocycles. The lowest BCUT2D eigenvalue weighted by atomic mass is 10.2. The summed E-state index contributed by atoms with van der Waals surface area (Å²) in [4.78, 5) is 4.23. The van der Waals surface area contributed by atoms with Crippen LogP contribution in [0.15, 0.2) is 23.2 Å². The van der Waals surface area contributed by atoms with Gasteiger partial charge in [0.05, 0.1) is 0 Å². The van der Waals surface area contributed by atoms with Gasteiger partial charge in [-0.15, -0.1) is 0 Å². The minimum Gasteiger partial charge on any atom is -0.434 e. The minimum absolute atomic E-state index is 0.114. The fraction of sp³-hybridized carbons (Fsp3) is 0.417. The summed E-state index contributed by atoms with van der Waals surface area (Å²) in [5.41, 5.74) is 0.558. The fourth-order valence-corrected chi connectivity index (χ4v) is 1.92. The van der Waals surface area contributed by atoms with Crippen molar-refractivity contribution in [3.8, 4) is 5.75 Å². The molecule has 0 atom stereocenters. The van der Waals surface area contributed by atoms with Crippen LogP contribution in [0.1, 0.15) is 12.0 Å². The zero-order valence-electron chi connectivity index (χ0n) is 10.1. The molecule has 0 spiro atoms. The van der Waals surface area contributed by atoms with Crippen molar-refractivity contribution >= 4 is 17.6 Å². The number of nitrogens with one attached hydrogen (secondary N) is 2. The molecule has 0 saturated carbocycles. The van der Waals surface area contributed by atoms with E-state index in [1.165, 1.54) is 12.1 Å². The van der Waals surface area contributed by atoms with Gasteiger partial charge in [0.1, 0.15) is 5.75 Å². The maximum absolute atomic E-state index is 12.3. The monoisotopic (exact) mass is 289 g/mol. The van der Waals surface area contributed by atoms with E-state index < -0.39 is 6.61 Å². The average Bonchev–Trinajstić information content (AvgIpc) is 2.40. The first kappa shape index (κ1) is 13.9. The van der Waals surface area contributed by atoms with Gasteiger partial charge in [0.25, 0.3) is 0 Å². The van der Waals surface area contributed by atoms with Crippen molar-refractivity contribution in [2.75, 3.05) is 13.1 Å². The first-order valence-corrected chi connectivity index (χ1v) is 6.28. The molecule has 104 valence electrons. The lowest BCUT2D eigenvalue weighted by molar-refractivity contribution is -0.0504. The van der Waals surface area contributed by atoms with Crippen molar-refractivity contribution in [1.29, 1.82) is 0 Å². The Bertz CT molecular complexity index is 468. The molecule has 0 fully saturated rings. The van der Waals surface area contributed by atoms with Crippen molar-refractivity contribution < 1.29 is 13.5 Å². The number of alkyl halides is 2. The molecule has 0 unspecified atom stereocenters. The van der Waals surface area contributed by atoms with E-state index in [1.807, 2.05) is 0 Å². The van der Waals surface area contributed by atoms with Gasteiger partial charge in [-0.1, -0.05) is 11.6 Å². The number of ether oxygens (including phenoxy) is 1. The first-order chi connectivity index (χ1) is 9.15. The Hall–Kier alpha value is -1.56. The first-order valence-electron chi connectivity index (χ1n) is 5.90. The number of benzene rings is 1. The van der Waals surface area contributed by atoms with Gasteiger partial charge in [-0.2, -0.15) is 8.78 Å². The van der Waals surface area contributed by atoms with Gasteiger partial charge in [-0.25, -0.2) is 0 Å². The van der Waals surface area contributed by atoms with Gasteiger partial charge in [-0.05, 0) is 24.6 Å². The van der Waals surface area contributed by atoms with Gasteiger partial charge >= 0.3 is 6.61 Å². The number of rotatable bonds is 4. The predicted octanol–water partition coefficient (Wildman–Crippen LogP) is 2.38. The summed E-state index contributed by atoms with van der Waals surface area (Å²) in [5, 5.41) is 6.58. The normalized spacial score (nSPS) is 14.8. The molecule has 0 saturated heterocycles. The van der Waals surface area contributed by atoms with Crippen LogP contribution in [0.25, 0.3) is 0 Å². The van der Waals surface area contributed by atoms with Crippen molar-refractivity contribution in [3.05, 3.63) is 28.8 Å². The van der Waals surface area contributed by atoms with Crippen LogP contribution >= 0.6 is 11.6 Å². The molecule has 2 rings (SSSR count). The van der Waals surface area contributed by atoms with E-state index in [4.69, 9.17) is 11.6 Å². The van der Waals surface area contributed by atoms with E-state index in [1.54, 1.807) is 6.07 Å². The third kappa shape index (κ3) is 4.24. The standard InChI is InChI=1S/C12H14ClF2N3O/c13-9-2-3-10(19-11(14)15)8(6-9)7-18-12-16-4-1-5-17-12/h2-3,6,11H,1,4-5,7H2,(H2,16,17,18). The van der Waals surface area contributed by atoms with Crippen LogP contribution in [0, 0.1) is 0 Å². The maximum atomic E-state index is 12.3. The molecule has 2 N–H and O–H groups in total. The number of halogens is 3. The Morgan fingerprint density at radius 1 is 1.47 bits per heavy atom. The lowest BCUT2D eigenvalue weighted by Crippen LogP contribution is -2.40. The number of aliphatic imine (C=N–C) groups is 1. The summed E-state index contributed by atoms with van der Waals surface area (Å²) < 4.78 is 29.0. The van der Waals surface area contributed by atoms with E-state index >= 15 is 0 Å². The maximum Gasteiger partial charge on any atom is 0.387 e. The van der Waals surface area contributed by atoms with Crippen molar-refractivity contribution in [2.24, 2.45) is 4.99 Å². The van der Waals surface area contributed by atoms with Gasteiger partial charge in [0, 0.05) is 30.2 Å². The van der Waals surface area contributed by atoms with Crippen LogP contribution in [-0.4, -0.2) is 25.7 Å². The Balaban J connectivity index is 2.04. The molecule has 0 aliphatic carbocycles. The second-order valence-corrected chi connectivity index (χ2v) is 4.43. The van der Waals surface area contributed by atoms with Crippen LogP contribution in [0.3, 0.4) is 0 Å². The summed E-state index contributed by atoms with van der Waals surface area (Å²) in [6, 6.07) is 4.54. The molecule has 4 nitrogen and oxygen atoms in total. The van der Waals surface area contributed by atoms with Gasteiger partial charge < -0.3 is 15.4 Å². The van der Waals surface area contributed by atoms with Gasteiger partial charge in [0.2, 0.25) is 0 Å². The number of guanidine groups is 1. The second-order valence-electron chi connectivity index (χ2n) is 3.99. The highest BCUT2D eigenvalue weighted by Crippen LogP contribution is 2.24. The molecular formula is C12H14ClF2N3O. The Kier molecular flexibility index (Phi) is 4.79. The third-order valence-electron chi connectivity index (χ3n) is 2.58. The number of hydrogen-bond acceptors (Lipinski definition) is 4. The largest absolute Gasteiger partial charge is 0.434 e. The fourth-order valence-electron chi connectivity index (χ4n) is 1.73. The molecule has 7 heteroatoms. The quantitative estimate of drug-likeness (QED) is 0.894. The molecule has 1 aromatic rings. The summed E-state index contributed by atoms with van der Waals surface area (Å²) >= 11 is 5.86. The van der Waals surface area contributed by atoms with Crippen molar-refractivity contribution in [2.45, 2.75) is 19.6 Å². The molecule has 1 heterocycles. The summed E-state index contributed by atoms with van der Waals surface area (Å²) in [6.07, 6.45) is 0.988. The highest BCUT2D eigenvalue weighted by molar-refractivity contribution is 6.30. The van der Waals surface area contributed by atoms with Crippen LogP contribution in [-0.2, 0) is 6.54 Å².